The molecule has 0 saturated carbocycles. The quantitative estimate of drug-likeness (QED) is 0.766. The van der Waals surface area contributed by atoms with Crippen molar-refractivity contribution in [3.05, 3.63) is 35.4 Å². The Kier molecular flexibility index (Phi) is 2.18. The molecular formula is C12H12N4O. The summed E-state index contributed by atoms with van der Waals surface area (Å²) in [5, 5.41) is 2.82. The van der Waals surface area contributed by atoms with Gasteiger partial charge in [0.15, 0.2) is 0 Å². The molecule has 0 fully saturated rings. The summed E-state index contributed by atoms with van der Waals surface area (Å²) in [6.07, 6.45) is 2.56. The fraction of sp³-hybridized carbons (Fsp3) is 0.250. The Morgan fingerprint density at radius 3 is 3.06 bits per heavy atom. The van der Waals surface area contributed by atoms with E-state index in [1.165, 1.54) is 0 Å². The second kappa shape index (κ2) is 3.69. The molecule has 0 bridgehead atoms. The van der Waals surface area contributed by atoms with Crippen molar-refractivity contribution in [2.75, 3.05) is 6.54 Å². The van der Waals surface area contributed by atoms with Gasteiger partial charge in [-0.15, -0.1) is 0 Å². The zero-order chi connectivity index (χ0) is 11.8. The first-order valence-corrected chi connectivity index (χ1v) is 5.54. The van der Waals surface area contributed by atoms with Gasteiger partial charge in [0.05, 0.1) is 17.0 Å². The maximum absolute atomic E-state index is 11.6. The summed E-state index contributed by atoms with van der Waals surface area (Å²) in [5.41, 5.74) is 3.40. The van der Waals surface area contributed by atoms with E-state index in [2.05, 4.69) is 20.3 Å². The Hall–Kier alpha value is -2.17. The molecule has 3 heterocycles. The van der Waals surface area contributed by atoms with Gasteiger partial charge in [0.1, 0.15) is 5.82 Å². The monoisotopic (exact) mass is 228 g/mol. The smallest absolute Gasteiger partial charge is 0.253 e. The number of hydrogen-bond donors (Lipinski definition) is 2. The molecule has 2 aromatic rings. The third kappa shape index (κ3) is 1.69. The van der Waals surface area contributed by atoms with Crippen LogP contribution in [-0.4, -0.2) is 27.4 Å². The van der Waals surface area contributed by atoms with Crippen LogP contribution in [0, 0.1) is 6.92 Å². The van der Waals surface area contributed by atoms with Crippen LogP contribution >= 0.6 is 0 Å². The standard InChI is InChI=1S/C12H12N4O/c1-7-13-4-3-10(15-7)11-6-8-9(16-11)2-5-14-12(8)17/h3-4,6,16H,2,5H2,1H3,(H,14,17). The molecule has 2 aromatic heterocycles. The molecule has 0 unspecified atom stereocenters. The van der Waals surface area contributed by atoms with Crippen LogP contribution in [-0.2, 0) is 6.42 Å². The first-order chi connectivity index (χ1) is 8.24. The number of aromatic nitrogens is 3. The second-order valence-electron chi connectivity index (χ2n) is 4.07. The van der Waals surface area contributed by atoms with E-state index in [1.54, 1.807) is 6.20 Å². The molecule has 5 heteroatoms. The first-order valence-electron chi connectivity index (χ1n) is 5.54. The lowest BCUT2D eigenvalue weighted by Gasteiger charge is -2.10. The number of nitrogens with one attached hydrogen (secondary N) is 2. The number of H-pyrrole nitrogens is 1. The van der Waals surface area contributed by atoms with Crippen LogP contribution in [0.15, 0.2) is 18.3 Å². The Morgan fingerprint density at radius 1 is 1.41 bits per heavy atom. The summed E-state index contributed by atoms with van der Waals surface area (Å²) in [4.78, 5) is 23.3. The molecular weight excluding hydrogens is 216 g/mol. The highest BCUT2D eigenvalue weighted by molar-refractivity contribution is 5.97. The second-order valence-corrected chi connectivity index (χ2v) is 4.07. The van der Waals surface area contributed by atoms with Crippen LogP contribution in [0.25, 0.3) is 11.4 Å². The third-order valence-electron chi connectivity index (χ3n) is 2.86. The van der Waals surface area contributed by atoms with Gasteiger partial charge in [-0.1, -0.05) is 0 Å². The van der Waals surface area contributed by atoms with Crippen LogP contribution in [0.3, 0.4) is 0 Å². The average Bonchev–Trinajstić information content (AvgIpc) is 2.74. The number of fused-ring (bicyclic) bond motifs is 1. The summed E-state index contributed by atoms with van der Waals surface area (Å²) < 4.78 is 0. The van der Waals surface area contributed by atoms with E-state index in [0.29, 0.717) is 6.54 Å². The normalized spacial score (nSPS) is 14.3. The van der Waals surface area contributed by atoms with Crippen molar-refractivity contribution in [3.8, 4) is 11.4 Å². The van der Waals surface area contributed by atoms with E-state index in [4.69, 9.17) is 0 Å². The van der Waals surface area contributed by atoms with E-state index >= 15 is 0 Å². The Balaban J connectivity index is 2.08. The van der Waals surface area contributed by atoms with Crippen molar-refractivity contribution < 1.29 is 4.79 Å². The Labute approximate surface area is 98.3 Å². The first kappa shape index (κ1) is 10.0. The predicted octanol–water partition coefficient (Wildman–Crippen LogP) is 1.07. The number of aryl methyl sites for hydroxylation is 1. The van der Waals surface area contributed by atoms with Gasteiger partial charge >= 0.3 is 0 Å². The molecule has 1 aliphatic rings. The van der Waals surface area contributed by atoms with Crippen LogP contribution < -0.4 is 5.32 Å². The molecule has 0 aromatic carbocycles. The molecule has 0 spiro atoms. The molecule has 0 aliphatic carbocycles. The van der Waals surface area contributed by atoms with E-state index in [1.807, 2.05) is 19.1 Å². The van der Waals surface area contributed by atoms with Gasteiger partial charge in [-0.25, -0.2) is 9.97 Å². The fourth-order valence-corrected chi connectivity index (χ4v) is 2.04. The van der Waals surface area contributed by atoms with Gasteiger partial charge in [-0.2, -0.15) is 0 Å². The lowest BCUT2D eigenvalue weighted by Crippen LogP contribution is -2.31. The zero-order valence-electron chi connectivity index (χ0n) is 9.45. The average molecular weight is 228 g/mol. The van der Waals surface area contributed by atoms with Gasteiger partial charge in [-0.3, -0.25) is 4.79 Å². The van der Waals surface area contributed by atoms with Gasteiger partial charge in [0.25, 0.3) is 5.91 Å². The summed E-state index contributed by atoms with van der Waals surface area (Å²) in [6, 6.07) is 3.69. The minimum atomic E-state index is -0.0143. The molecule has 0 atom stereocenters. The van der Waals surface area contributed by atoms with Crippen molar-refractivity contribution in [2.45, 2.75) is 13.3 Å². The fourth-order valence-electron chi connectivity index (χ4n) is 2.04. The van der Waals surface area contributed by atoms with Gasteiger partial charge in [0.2, 0.25) is 0 Å². The molecule has 1 amide bonds. The molecule has 0 saturated heterocycles. The molecule has 5 nitrogen and oxygen atoms in total. The molecule has 1 aliphatic heterocycles. The number of nitrogens with zero attached hydrogens (tertiary/aromatic N) is 2. The minimum absolute atomic E-state index is 0.0143. The van der Waals surface area contributed by atoms with E-state index in [0.717, 1.165) is 34.9 Å². The largest absolute Gasteiger partial charge is 0.356 e. The summed E-state index contributed by atoms with van der Waals surface area (Å²) in [6.45, 7) is 2.54. The SMILES string of the molecule is Cc1nccc(-c2cc3c([nH]2)CCNC3=O)n1. The summed E-state index contributed by atoms with van der Waals surface area (Å²) >= 11 is 0. The lowest BCUT2D eigenvalue weighted by molar-refractivity contribution is 0.0946. The molecule has 17 heavy (non-hydrogen) atoms. The third-order valence-corrected chi connectivity index (χ3v) is 2.86. The highest BCUT2D eigenvalue weighted by Crippen LogP contribution is 2.22. The van der Waals surface area contributed by atoms with Crippen LogP contribution in [0.2, 0.25) is 0 Å². The number of hydrogen-bond acceptors (Lipinski definition) is 3. The van der Waals surface area contributed by atoms with Crippen LogP contribution in [0.5, 0.6) is 0 Å². The van der Waals surface area contributed by atoms with E-state index < -0.39 is 0 Å². The minimum Gasteiger partial charge on any atom is -0.356 e. The van der Waals surface area contributed by atoms with Crippen LogP contribution in [0.1, 0.15) is 21.9 Å². The summed E-state index contributed by atoms with van der Waals surface area (Å²) in [5.74, 6) is 0.707. The highest BCUT2D eigenvalue weighted by atomic mass is 16.1. The van der Waals surface area contributed by atoms with Crippen molar-refractivity contribution in [1.29, 1.82) is 0 Å². The van der Waals surface area contributed by atoms with Gasteiger partial charge in [-0.05, 0) is 19.1 Å². The number of aromatic amines is 1. The molecule has 3 rings (SSSR count). The van der Waals surface area contributed by atoms with Crippen molar-refractivity contribution in [1.82, 2.24) is 20.3 Å². The number of carbonyl (C=O) groups is 1. The summed E-state index contributed by atoms with van der Waals surface area (Å²) in [7, 11) is 0. The maximum Gasteiger partial charge on any atom is 0.253 e. The number of rotatable bonds is 1. The van der Waals surface area contributed by atoms with E-state index in [-0.39, 0.29) is 5.91 Å². The Bertz CT molecular complexity index is 588. The highest BCUT2D eigenvalue weighted by Gasteiger charge is 2.20. The molecule has 86 valence electrons. The predicted molar refractivity (Wildman–Crippen MR) is 62.6 cm³/mol. The van der Waals surface area contributed by atoms with Crippen molar-refractivity contribution in [3.63, 3.8) is 0 Å². The maximum atomic E-state index is 11.6. The van der Waals surface area contributed by atoms with Gasteiger partial charge < -0.3 is 10.3 Å². The number of amides is 1. The molecule has 0 radical (unpaired) electrons. The van der Waals surface area contributed by atoms with Crippen molar-refractivity contribution >= 4 is 5.91 Å². The van der Waals surface area contributed by atoms with E-state index in [9.17, 15) is 4.79 Å². The molecule has 2 N–H and O–H groups in total. The number of carbonyl (C=O) groups excluding carboxylic acids is 1. The van der Waals surface area contributed by atoms with Crippen molar-refractivity contribution in [2.24, 2.45) is 0 Å². The topological polar surface area (TPSA) is 70.7 Å². The Morgan fingerprint density at radius 2 is 2.29 bits per heavy atom. The zero-order valence-corrected chi connectivity index (χ0v) is 9.45. The lowest BCUT2D eigenvalue weighted by atomic mass is 10.1. The van der Waals surface area contributed by atoms with Crippen LogP contribution in [0.4, 0.5) is 0 Å². The van der Waals surface area contributed by atoms with Gasteiger partial charge in [0, 0.05) is 24.9 Å².